The molecule has 1 aliphatic heterocycles. The van der Waals surface area contributed by atoms with Crippen LogP contribution in [0.3, 0.4) is 0 Å². The first kappa shape index (κ1) is 12.9. The van der Waals surface area contributed by atoms with Crippen LogP contribution in [0.4, 0.5) is 0 Å². The number of benzene rings is 2. The van der Waals surface area contributed by atoms with Crippen molar-refractivity contribution in [3.8, 4) is 5.75 Å². The fourth-order valence-corrected chi connectivity index (χ4v) is 2.79. The molecule has 0 saturated carbocycles. The van der Waals surface area contributed by atoms with Gasteiger partial charge in [-0.1, -0.05) is 48.5 Å². The lowest BCUT2D eigenvalue weighted by Crippen LogP contribution is -2.15. The van der Waals surface area contributed by atoms with E-state index in [4.69, 9.17) is 4.74 Å². The van der Waals surface area contributed by atoms with E-state index in [-0.39, 0.29) is 5.78 Å². The highest BCUT2D eigenvalue weighted by atomic mass is 16.5. The van der Waals surface area contributed by atoms with Gasteiger partial charge in [-0.05, 0) is 30.4 Å². The fraction of sp³-hybridized carbons (Fsp3) is 0.278. The lowest BCUT2D eigenvalue weighted by molar-refractivity contribution is 0.0974. The number of carbonyl (C=O) groups is 1. The van der Waals surface area contributed by atoms with E-state index < -0.39 is 0 Å². The third-order valence-corrected chi connectivity index (χ3v) is 3.90. The number of hydrogen-bond acceptors (Lipinski definition) is 2. The molecule has 1 aliphatic rings. The van der Waals surface area contributed by atoms with Crippen LogP contribution in [-0.4, -0.2) is 12.4 Å². The second-order valence-corrected chi connectivity index (χ2v) is 5.20. The lowest BCUT2D eigenvalue weighted by Gasteiger charge is -2.25. The highest BCUT2D eigenvalue weighted by molar-refractivity contribution is 5.96. The molecule has 0 N–H and O–H groups in total. The van der Waals surface area contributed by atoms with Gasteiger partial charge in [-0.15, -0.1) is 0 Å². The summed E-state index contributed by atoms with van der Waals surface area (Å²) in [5, 5.41) is 0. The molecule has 0 aliphatic carbocycles. The largest absolute Gasteiger partial charge is 0.493 e. The van der Waals surface area contributed by atoms with Crippen LogP contribution in [0, 0.1) is 0 Å². The summed E-state index contributed by atoms with van der Waals surface area (Å²) in [4.78, 5) is 12.2. The molecule has 0 bridgehead atoms. The minimum Gasteiger partial charge on any atom is -0.493 e. The minimum absolute atomic E-state index is 0.231. The van der Waals surface area contributed by atoms with Gasteiger partial charge in [-0.3, -0.25) is 4.79 Å². The number of ether oxygens (including phenoxy) is 1. The molecule has 1 unspecified atom stereocenters. The van der Waals surface area contributed by atoms with E-state index in [1.54, 1.807) is 0 Å². The molecule has 0 spiro atoms. The molecule has 0 radical (unpaired) electrons. The van der Waals surface area contributed by atoms with Crippen LogP contribution in [0.1, 0.15) is 41.1 Å². The Hall–Kier alpha value is -2.09. The summed E-state index contributed by atoms with van der Waals surface area (Å²) in [5.74, 6) is 1.65. The van der Waals surface area contributed by atoms with Crippen LogP contribution in [0.15, 0.2) is 54.6 Å². The van der Waals surface area contributed by atoms with E-state index in [0.717, 1.165) is 30.8 Å². The number of fused-ring (bicyclic) bond motifs is 1. The van der Waals surface area contributed by atoms with Crippen LogP contribution >= 0.6 is 0 Å². The standard InChI is InChI=1S/C18H18O2/c19-17(15-6-2-1-3-7-15)11-10-14-12-13-20-18-9-5-4-8-16(14)18/h1-9,14H,10-13H2. The lowest BCUT2D eigenvalue weighted by atomic mass is 9.88. The summed E-state index contributed by atoms with van der Waals surface area (Å²) in [5.41, 5.74) is 2.06. The van der Waals surface area contributed by atoms with E-state index in [9.17, 15) is 4.79 Å². The quantitative estimate of drug-likeness (QED) is 0.775. The van der Waals surface area contributed by atoms with Crippen molar-refractivity contribution in [3.63, 3.8) is 0 Å². The van der Waals surface area contributed by atoms with Crippen LogP contribution in [0.5, 0.6) is 5.75 Å². The zero-order valence-corrected chi connectivity index (χ0v) is 11.4. The van der Waals surface area contributed by atoms with E-state index in [0.29, 0.717) is 12.3 Å². The zero-order chi connectivity index (χ0) is 13.8. The Morgan fingerprint density at radius 3 is 2.65 bits per heavy atom. The average molecular weight is 266 g/mol. The average Bonchev–Trinajstić information content (AvgIpc) is 2.53. The van der Waals surface area contributed by atoms with Crippen LogP contribution in [-0.2, 0) is 0 Å². The molecule has 2 heteroatoms. The SMILES string of the molecule is O=C(CCC1CCOc2ccccc21)c1ccccc1. The highest BCUT2D eigenvalue weighted by Gasteiger charge is 2.21. The Morgan fingerprint density at radius 1 is 1.05 bits per heavy atom. The smallest absolute Gasteiger partial charge is 0.162 e. The van der Waals surface area contributed by atoms with Gasteiger partial charge in [-0.2, -0.15) is 0 Å². The third-order valence-electron chi connectivity index (χ3n) is 3.90. The topological polar surface area (TPSA) is 26.3 Å². The van der Waals surface area contributed by atoms with Gasteiger partial charge in [0.05, 0.1) is 6.61 Å². The van der Waals surface area contributed by atoms with Crippen molar-refractivity contribution in [2.24, 2.45) is 0 Å². The molecule has 0 aromatic heterocycles. The van der Waals surface area contributed by atoms with Gasteiger partial charge in [0.25, 0.3) is 0 Å². The fourth-order valence-electron chi connectivity index (χ4n) is 2.79. The van der Waals surface area contributed by atoms with Gasteiger partial charge in [0.2, 0.25) is 0 Å². The maximum Gasteiger partial charge on any atom is 0.162 e. The van der Waals surface area contributed by atoms with Gasteiger partial charge in [-0.25, -0.2) is 0 Å². The number of para-hydroxylation sites is 1. The van der Waals surface area contributed by atoms with Crippen molar-refractivity contribution in [1.82, 2.24) is 0 Å². The first-order chi connectivity index (χ1) is 9.84. The van der Waals surface area contributed by atoms with E-state index in [2.05, 4.69) is 6.07 Å². The summed E-state index contributed by atoms with van der Waals surface area (Å²) in [6, 6.07) is 17.7. The first-order valence-corrected chi connectivity index (χ1v) is 7.14. The summed E-state index contributed by atoms with van der Waals surface area (Å²) in [6.07, 6.45) is 2.50. The van der Waals surface area contributed by atoms with Gasteiger partial charge in [0.15, 0.2) is 5.78 Å². The number of carbonyl (C=O) groups excluding carboxylic acids is 1. The minimum atomic E-state index is 0.231. The predicted molar refractivity (Wildman–Crippen MR) is 79.3 cm³/mol. The first-order valence-electron chi connectivity index (χ1n) is 7.14. The van der Waals surface area contributed by atoms with Crippen molar-refractivity contribution in [1.29, 1.82) is 0 Å². The molecule has 0 fully saturated rings. The number of ketones is 1. The molecule has 1 heterocycles. The Morgan fingerprint density at radius 2 is 1.80 bits per heavy atom. The van der Waals surface area contributed by atoms with Crippen molar-refractivity contribution >= 4 is 5.78 Å². The highest BCUT2D eigenvalue weighted by Crippen LogP contribution is 2.36. The van der Waals surface area contributed by atoms with Gasteiger partial charge >= 0.3 is 0 Å². The van der Waals surface area contributed by atoms with E-state index in [1.807, 2.05) is 48.5 Å². The van der Waals surface area contributed by atoms with Crippen LogP contribution in [0.25, 0.3) is 0 Å². The van der Waals surface area contributed by atoms with Crippen molar-refractivity contribution < 1.29 is 9.53 Å². The maximum absolute atomic E-state index is 12.2. The summed E-state index contributed by atoms with van der Waals surface area (Å²) < 4.78 is 5.66. The van der Waals surface area contributed by atoms with Gasteiger partial charge in [0.1, 0.15) is 5.75 Å². The van der Waals surface area contributed by atoms with Gasteiger partial charge < -0.3 is 4.74 Å². The van der Waals surface area contributed by atoms with Crippen molar-refractivity contribution in [3.05, 3.63) is 65.7 Å². The van der Waals surface area contributed by atoms with E-state index in [1.165, 1.54) is 5.56 Å². The predicted octanol–water partition coefficient (Wildman–Crippen LogP) is 4.22. The molecule has 20 heavy (non-hydrogen) atoms. The molecular formula is C18H18O2. The van der Waals surface area contributed by atoms with Crippen molar-refractivity contribution in [2.75, 3.05) is 6.61 Å². The summed E-state index contributed by atoms with van der Waals surface area (Å²) in [7, 11) is 0. The molecule has 0 saturated heterocycles. The Labute approximate surface area is 119 Å². The summed E-state index contributed by atoms with van der Waals surface area (Å²) in [6.45, 7) is 0.751. The number of Topliss-reactive ketones (excluding diaryl/α,β-unsaturated/α-hetero) is 1. The van der Waals surface area contributed by atoms with Crippen molar-refractivity contribution in [2.45, 2.75) is 25.2 Å². The Kier molecular flexibility index (Phi) is 3.82. The molecule has 1 atom stereocenters. The number of hydrogen-bond donors (Lipinski definition) is 0. The molecule has 3 rings (SSSR count). The van der Waals surface area contributed by atoms with Crippen LogP contribution in [0.2, 0.25) is 0 Å². The Balaban J connectivity index is 1.67. The third kappa shape index (κ3) is 2.74. The monoisotopic (exact) mass is 266 g/mol. The molecule has 0 amide bonds. The van der Waals surface area contributed by atoms with E-state index >= 15 is 0 Å². The molecule has 102 valence electrons. The maximum atomic E-state index is 12.2. The number of rotatable bonds is 4. The summed E-state index contributed by atoms with van der Waals surface area (Å²) >= 11 is 0. The van der Waals surface area contributed by atoms with Gasteiger partial charge in [0, 0.05) is 12.0 Å². The second-order valence-electron chi connectivity index (χ2n) is 5.20. The zero-order valence-electron chi connectivity index (χ0n) is 11.4. The molecule has 2 aromatic carbocycles. The molecule has 2 nitrogen and oxygen atoms in total. The second kappa shape index (κ2) is 5.91. The normalized spacial score (nSPS) is 17.1. The Bertz CT molecular complexity index is 589. The molecular weight excluding hydrogens is 248 g/mol. The van der Waals surface area contributed by atoms with Crippen LogP contribution < -0.4 is 4.74 Å². The molecule has 2 aromatic rings.